The molecule has 0 bridgehead atoms. The molecular formula is C17H25N5O2. The van der Waals surface area contributed by atoms with Gasteiger partial charge >= 0.3 is 0 Å². The molecule has 1 aliphatic rings. The second-order valence-corrected chi connectivity index (χ2v) is 6.74. The molecule has 0 spiro atoms. The number of rotatable bonds is 7. The number of hydrogen-bond donors (Lipinski definition) is 1. The van der Waals surface area contributed by atoms with Crippen LogP contribution in [-0.2, 0) is 11.2 Å². The maximum Gasteiger partial charge on any atom is 0.242 e. The standard InChI is InChI=1S/C17H25N5O2/c1-11(2)15-18-9-10-22(15)12(3)16(23)19-8-7-14-20-17(24-21-14)13-5-4-6-13/h9-13H,4-8H2,1-3H3,(H,19,23)/t12-/m0/s1. The first kappa shape index (κ1) is 16.7. The van der Waals surface area contributed by atoms with E-state index in [1.807, 2.05) is 17.7 Å². The smallest absolute Gasteiger partial charge is 0.242 e. The Morgan fingerprint density at radius 1 is 1.42 bits per heavy atom. The predicted octanol–water partition coefficient (Wildman–Crippen LogP) is 2.58. The molecule has 7 heteroatoms. The normalized spacial score (nSPS) is 16.2. The van der Waals surface area contributed by atoms with Crippen LogP contribution in [0.2, 0.25) is 0 Å². The Labute approximate surface area is 141 Å². The molecule has 1 saturated carbocycles. The van der Waals surface area contributed by atoms with Crippen LogP contribution in [0.15, 0.2) is 16.9 Å². The largest absolute Gasteiger partial charge is 0.354 e. The van der Waals surface area contributed by atoms with E-state index in [0.717, 1.165) is 24.6 Å². The molecule has 0 aliphatic heterocycles. The lowest BCUT2D eigenvalue weighted by atomic mass is 9.85. The summed E-state index contributed by atoms with van der Waals surface area (Å²) in [5.74, 6) is 3.01. The van der Waals surface area contributed by atoms with E-state index >= 15 is 0 Å². The van der Waals surface area contributed by atoms with Crippen molar-refractivity contribution < 1.29 is 9.32 Å². The quantitative estimate of drug-likeness (QED) is 0.843. The predicted molar refractivity (Wildman–Crippen MR) is 88.6 cm³/mol. The van der Waals surface area contributed by atoms with Crippen LogP contribution in [0.5, 0.6) is 0 Å². The van der Waals surface area contributed by atoms with Crippen LogP contribution in [0, 0.1) is 0 Å². The van der Waals surface area contributed by atoms with Crippen LogP contribution < -0.4 is 5.32 Å². The molecule has 1 atom stereocenters. The minimum atomic E-state index is -0.291. The maximum absolute atomic E-state index is 12.4. The molecule has 24 heavy (non-hydrogen) atoms. The lowest BCUT2D eigenvalue weighted by Crippen LogP contribution is -2.33. The van der Waals surface area contributed by atoms with Crippen LogP contribution >= 0.6 is 0 Å². The van der Waals surface area contributed by atoms with Crippen LogP contribution in [0.25, 0.3) is 0 Å². The lowest BCUT2D eigenvalue weighted by molar-refractivity contribution is -0.123. The molecule has 1 amide bonds. The van der Waals surface area contributed by atoms with Gasteiger partial charge in [0.25, 0.3) is 0 Å². The fourth-order valence-corrected chi connectivity index (χ4v) is 2.86. The molecule has 1 fully saturated rings. The number of imidazole rings is 1. The van der Waals surface area contributed by atoms with Crippen molar-refractivity contribution in [2.45, 2.75) is 64.3 Å². The highest BCUT2D eigenvalue weighted by Gasteiger charge is 2.25. The summed E-state index contributed by atoms with van der Waals surface area (Å²) in [6.45, 7) is 6.52. The number of nitrogens with one attached hydrogen (secondary N) is 1. The number of carbonyl (C=O) groups excluding carboxylic acids is 1. The summed E-state index contributed by atoms with van der Waals surface area (Å²) in [7, 11) is 0. The molecule has 1 N–H and O–H groups in total. The van der Waals surface area contributed by atoms with Gasteiger partial charge in [0.1, 0.15) is 11.9 Å². The van der Waals surface area contributed by atoms with Crippen molar-refractivity contribution in [2.75, 3.05) is 6.54 Å². The summed E-state index contributed by atoms with van der Waals surface area (Å²) in [5, 5.41) is 6.94. The van der Waals surface area contributed by atoms with Gasteiger partial charge in [0.15, 0.2) is 5.82 Å². The third-order valence-electron chi connectivity index (χ3n) is 4.60. The molecule has 1 aliphatic carbocycles. The summed E-state index contributed by atoms with van der Waals surface area (Å²) >= 11 is 0. The minimum Gasteiger partial charge on any atom is -0.354 e. The Balaban J connectivity index is 1.49. The Morgan fingerprint density at radius 2 is 2.21 bits per heavy atom. The van der Waals surface area contributed by atoms with Gasteiger partial charge in [-0.1, -0.05) is 25.4 Å². The maximum atomic E-state index is 12.4. The molecular weight excluding hydrogens is 306 g/mol. The van der Waals surface area contributed by atoms with Crippen molar-refractivity contribution >= 4 is 5.91 Å². The zero-order valence-electron chi connectivity index (χ0n) is 14.5. The van der Waals surface area contributed by atoms with Gasteiger partial charge in [0.2, 0.25) is 11.8 Å². The van der Waals surface area contributed by atoms with Crippen molar-refractivity contribution in [1.82, 2.24) is 25.0 Å². The van der Waals surface area contributed by atoms with E-state index in [2.05, 4.69) is 34.3 Å². The van der Waals surface area contributed by atoms with Gasteiger partial charge < -0.3 is 14.4 Å². The second-order valence-electron chi connectivity index (χ2n) is 6.74. The SMILES string of the molecule is CC(C)c1nccn1[C@@H](C)C(=O)NCCc1noc(C2CCC2)n1. The van der Waals surface area contributed by atoms with E-state index in [9.17, 15) is 4.79 Å². The number of amides is 1. The fourth-order valence-electron chi connectivity index (χ4n) is 2.86. The fraction of sp³-hybridized carbons (Fsp3) is 0.647. The highest BCUT2D eigenvalue weighted by Crippen LogP contribution is 2.35. The Bertz CT molecular complexity index is 687. The highest BCUT2D eigenvalue weighted by molar-refractivity contribution is 5.79. The van der Waals surface area contributed by atoms with E-state index < -0.39 is 0 Å². The van der Waals surface area contributed by atoms with E-state index in [0.29, 0.717) is 24.7 Å². The van der Waals surface area contributed by atoms with Gasteiger partial charge in [-0.25, -0.2) is 4.98 Å². The molecule has 0 saturated heterocycles. The van der Waals surface area contributed by atoms with Gasteiger partial charge in [-0.15, -0.1) is 0 Å². The van der Waals surface area contributed by atoms with E-state index in [1.54, 1.807) is 6.20 Å². The van der Waals surface area contributed by atoms with Gasteiger partial charge in [-0.05, 0) is 19.8 Å². The monoisotopic (exact) mass is 331 g/mol. The number of hydrogen-bond acceptors (Lipinski definition) is 5. The van der Waals surface area contributed by atoms with Gasteiger partial charge in [-0.2, -0.15) is 4.98 Å². The zero-order chi connectivity index (χ0) is 17.1. The summed E-state index contributed by atoms with van der Waals surface area (Å²) < 4.78 is 7.21. The van der Waals surface area contributed by atoms with Crippen LogP contribution in [0.1, 0.15) is 75.5 Å². The lowest BCUT2D eigenvalue weighted by Gasteiger charge is -2.20. The molecule has 0 aromatic carbocycles. The first-order valence-corrected chi connectivity index (χ1v) is 8.69. The summed E-state index contributed by atoms with van der Waals surface area (Å²) in [6.07, 6.45) is 7.68. The summed E-state index contributed by atoms with van der Waals surface area (Å²) in [6, 6.07) is -0.291. The molecule has 2 heterocycles. The average molecular weight is 331 g/mol. The highest BCUT2D eigenvalue weighted by atomic mass is 16.5. The molecule has 7 nitrogen and oxygen atoms in total. The number of aromatic nitrogens is 4. The van der Waals surface area contributed by atoms with Crippen molar-refractivity contribution in [3.05, 3.63) is 29.9 Å². The Morgan fingerprint density at radius 3 is 2.88 bits per heavy atom. The minimum absolute atomic E-state index is 0.0300. The summed E-state index contributed by atoms with van der Waals surface area (Å²) in [4.78, 5) is 21.1. The third-order valence-corrected chi connectivity index (χ3v) is 4.60. The van der Waals surface area contributed by atoms with Gasteiger partial charge in [0.05, 0.1) is 0 Å². The molecule has 130 valence electrons. The number of nitrogens with zero attached hydrogens (tertiary/aromatic N) is 4. The molecule has 3 rings (SSSR count). The van der Waals surface area contributed by atoms with E-state index in [-0.39, 0.29) is 17.9 Å². The molecule has 0 radical (unpaired) electrons. The Hall–Kier alpha value is -2.18. The van der Waals surface area contributed by atoms with Crippen molar-refractivity contribution in [2.24, 2.45) is 0 Å². The first-order chi connectivity index (χ1) is 11.6. The molecule has 2 aromatic rings. The molecule has 2 aromatic heterocycles. The molecule has 0 unspecified atom stereocenters. The zero-order valence-corrected chi connectivity index (χ0v) is 14.5. The third kappa shape index (κ3) is 3.49. The number of carbonyl (C=O) groups is 1. The van der Waals surface area contributed by atoms with Gasteiger partial charge in [-0.3, -0.25) is 4.79 Å². The van der Waals surface area contributed by atoms with Crippen molar-refractivity contribution in [3.8, 4) is 0 Å². The first-order valence-electron chi connectivity index (χ1n) is 8.69. The van der Waals surface area contributed by atoms with Crippen LogP contribution in [0.4, 0.5) is 0 Å². The Kier molecular flexibility index (Phi) is 4.97. The second kappa shape index (κ2) is 7.15. The van der Waals surface area contributed by atoms with Gasteiger partial charge in [0, 0.05) is 37.2 Å². The van der Waals surface area contributed by atoms with E-state index in [1.165, 1.54) is 6.42 Å². The average Bonchev–Trinajstić information content (AvgIpc) is 3.14. The topological polar surface area (TPSA) is 85.8 Å². The van der Waals surface area contributed by atoms with Crippen LogP contribution in [-0.4, -0.2) is 32.1 Å². The van der Waals surface area contributed by atoms with E-state index in [4.69, 9.17) is 4.52 Å². The van der Waals surface area contributed by atoms with Crippen molar-refractivity contribution in [1.29, 1.82) is 0 Å². The summed E-state index contributed by atoms with van der Waals surface area (Å²) in [5.41, 5.74) is 0. The van der Waals surface area contributed by atoms with Crippen molar-refractivity contribution in [3.63, 3.8) is 0 Å². The van der Waals surface area contributed by atoms with Crippen LogP contribution in [0.3, 0.4) is 0 Å².